The number of rotatable bonds is 8. The van der Waals surface area contributed by atoms with Gasteiger partial charge in [-0.15, -0.1) is 0 Å². The molecule has 5 heteroatoms. The van der Waals surface area contributed by atoms with E-state index >= 15 is 0 Å². The molecule has 0 amide bonds. The van der Waals surface area contributed by atoms with E-state index < -0.39 is 0 Å². The predicted molar refractivity (Wildman–Crippen MR) is 113 cm³/mol. The molecule has 0 fully saturated rings. The fourth-order valence-electron chi connectivity index (χ4n) is 3.39. The van der Waals surface area contributed by atoms with Crippen LogP contribution >= 0.6 is 0 Å². The van der Waals surface area contributed by atoms with Gasteiger partial charge in [0.2, 0.25) is 0 Å². The Balaban J connectivity index is 1.64. The topological polar surface area (TPSA) is 54.8 Å². The molecule has 0 aliphatic heterocycles. The predicted octanol–water partition coefficient (Wildman–Crippen LogP) is 4.10. The highest BCUT2D eigenvalue weighted by Gasteiger charge is 2.21. The van der Waals surface area contributed by atoms with Crippen molar-refractivity contribution >= 4 is 0 Å². The molecular formula is C24H23N5. The molecule has 4 rings (SSSR count). The molecule has 29 heavy (non-hydrogen) atoms. The molecular weight excluding hydrogens is 358 g/mol. The van der Waals surface area contributed by atoms with Gasteiger partial charge in [-0.1, -0.05) is 24.3 Å². The highest BCUT2D eigenvalue weighted by atomic mass is 15.1. The van der Waals surface area contributed by atoms with Crippen LogP contribution in [0.15, 0.2) is 97.6 Å². The summed E-state index contributed by atoms with van der Waals surface area (Å²) in [6.45, 7) is 2.22. The SMILES string of the molecule is c1ccc(CN(Cc2ccccn2)CC(c2ccccn2)c2ccccn2)nc1. The number of hydrogen-bond donors (Lipinski definition) is 0. The normalized spacial score (nSPS) is 11.1. The Labute approximate surface area is 171 Å². The Kier molecular flexibility index (Phi) is 6.30. The molecule has 5 nitrogen and oxygen atoms in total. The largest absolute Gasteiger partial charge is 0.291 e. The van der Waals surface area contributed by atoms with Crippen molar-refractivity contribution in [2.45, 2.75) is 19.0 Å². The van der Waals surface area contributed by atoms with E-state index in [2.05, 4.69) is 49.1 Å². The van der Waals surface area contributed by atoms with E-state index in [0.717, 1.165) is 42.4 Å². The third-order valence-electron chi connectivity index (χ3n) is 4.75. The van der Waals surface area contributed by atoms with Crippen LogP contribution in [0.25, 0.3) is 0 Å². The summed E-state index contributed by atoms with van der Waals surface area (Å²) in [5.74, 6) is 0.0600. The first-order chi connectivity index (χ1) is 14.4. The molecule has 0 spiro atoms. The van der Waals surface area contributed by atoms with E-state index in [4.69, 9.17) is 0 Å². The quantitative estimate of drug-likeness (QED) is 0.460. The van der Waals surface area contributed by atoms with Crippen LogP contribution in [0.2, 0.25) is 0 Å². The van der Waals surface area contributed by atoms with Crippen LogP contribution in [0.3, 0.4) is 0 Å². The Morgan fingerprint density at radius 1 is 0.552 bits per heavy atom. The van der Waals surface area contributed by atoms with Crippen molar-refractivity contribution in [2.75, 3.05) is 6.54 Å². The standard InChI is InChI=1S/C24H23N5/c1-5-13-25-20(9-1)17-29(18-21-10-2-6-14-26-21)19-22(23-11-3-7-15-27-23)24-12-4-8-16-28-24/h1-16,22H,17-19H2. The van der Waals surface area contributed by atoms with Gasteiger partial charge in [0.15, 0.2) is 0 Å². The van der Waals surface area contributed by atoms with Crippen LogP contribution in [0.1, 0.15) is 28.7 Å². The molecule has 0 saturated heterocycles. The Bertz CT molecular complexity index is 898. The number of pyridine rings is 4. The minimum Gasteiger partial charge on any atom is -0.291 e. The highest BCUT2D eigenvalue weighted by molar-refractivity contribution is 5.23. The summed E-state index contributed by atoms with van der Waals surface area (Å²) in [7, 11) is 0. The van der Waals surface area contributed by atoms with Crippen LogP contribution in [0, 0.1) is 0 Å². The zero-order chi connectivity index (χ0) is 19.7. The molecule has 0 N–H and O–H groups in total. The van der Waals surface area contributed by atoms with Gasteiger partial charge in [-0.25, -0.2) is 0 Å². The lowest BCUT2D eigenvalue weighted by atomic mass is 9.98. The lowest BCUT2D eigenvalue weighted by Gasteiger charge is -2.27. The average Bonchev–Trinajstić information content (AvgIpc) is 2.80. The van der Waals surface area contributed by atoms with Crippen LogP contribution in [-0.2, 0) is 13.1 Å². The summed E-state index contributed by atoms with van der Waals surface area (Å²) in [4.78, 5) is 20.6. The van der Waals surface area contributed by atoms with Gasteiger partial charge in [0, 0.05) is 44.4 Å². The van der Waals surface area contributed by atoms with Gasteiger partial charge in [0.05, 0.1) is 28.7 Å². The van der Waals surface area contributed by atoms with Crippen molar-refractivity contribution < 1.29 is 0 Å². The first-order valence-corrected chi connectivity index (χ1v) is 9.72. The van der Waals surface area contributed by atoms with Crippen LogP contribution in [-0.4, -0.2) is 31.4 Å². The average molecular weight is 381 g/mol. The van der Waals surface area contributed by atoms with Crippen LogP contribution < -0.4 is 0 Å². The first-order valence-electron chi connectivity index (χ1n) is 9.72. The smallest absolute Gasteiger partial charge is 0.0563 e. The number of aromatic nitrogens is 4. The van der Waals surface area contributed by atoms with E-state index in [9.17, 15) is 0 Å². The lowest BCUT2D eigenvalue weighted by Crippen LogP contribution is -2.30. The minimum absolute atomic E-state index is 0.0600. The summed E-state index contributed by atoms with van der Waals surface area (Å²) in [5.41, 5.74) is 4.09. The monoisotopic (exact) mass is 381 g/mol. The first kappa shape index (κ1) is 18.9. The van der Waals surface area contributed by atoms with E-state index in [1.807, 2.05) is 73.3 Å². The molecule has 0 unspecified atom stereocenters. The fourth-order valence-corrected chi connectivity index (χ4v) is 3.39. The van der Waals surface area contributed by atoms with E-state index in [1.165, 1.54) is 0 Å². The highest BCUT2D eigenvalue weighted by Crippen LogP contribution is 2.24. The molecule has 4 aromatic heterocycles. The van der Waals surface area contributed by atoms with Gasteiger partial charge in [-0.2, -0.15) is 0 Å². The van der Waals surface area contributed by atoms with Gasteiger partial charge >= 0.3 is 0 Å². The van der Waals surface area contributed by atoms with Crippen LogP contribution in [0.4, 0.5) is 0 Å². The van der Waals surface area contributed by atoms with Crippen molar-refractivity contribution in [3.63, 3.8) is 0 Å². The number of hydrogen-bond acceptors (Lipinski definition) is 5. The van der Waals surface area contributed by atoms with Gasteiger partial charge in [0.1, 0.15) is 0 Å². The maximum Gasteiger partial charge on any atom is 0.0563 e. The Morgan fingerprint density at radius 3 is 1.38 bits per heavy atom. The molecule has 4 aromatic rings. The fraction of sp³-hybridized carbons (Fsp3) is 0.167. The second-order valence-corrected chi connectivity index (χ2v) is 6.87. The third kappa shape index (κ3) is 5.30. The van der Waals surface area contributed by atoms with Gasteiger partial charge in [-0.3, -0.25) is 24.8 Å². The van der Waals surface area contributed by atoms with Gasteiger partial charge < -0.3 is 0 Å². The van der Waals surface area contributed by atoms with Crippen molar-refractivity contribution in [1.82, 2.24) is 24.8 Å². The molecule has 0 aromatic carbocycles. The maximum atomic E-state index is 4.62. The Hall–Kier alpha value is -3.44. The summed E-state index contributed by atoms with van der Waals surface area (Å²) in [5, 5.41) is 0. The summed E-state index contributed by atoms with van der Waals surface area (Å²) < 4.78 is 0. The van der Waals surface area contributed by atoms with E-state index in [-0.39, 0.29) is 5.92 Å². The molecule has 0 radical (unpaired) electrons. The maximum absolute atomic E-state index is 4.62. The zero-order valence-electron chi connectivity index (χ0n) is 16.2. The Morgan fingerprint density at radius 2 is 1.00 bits per heavy atom. The lowest BCUT2D eigenvalue weighted by molar-refractivity contribution is 0.240. The number of nitrogens with zero attached hydrogens (tertiary/aromatic N) is 5. The van der Waals surface area contributed by atoms with Crippen molar-refractivity contribution in [3.05, 3.63) is 120 Å². The van der Waals surface area contributed by atoms with Crippen molar-refractivity contribution in [3.8, 4) is 0 Å². The second kappa shape index (κ2) is 9.66. The van der Waals surface area contributed by atoms with Crippen molar-refractivity contribution in [2.24, 2.45) is 0 Å². The summed E-state index contributed by atoms with van der Waals surface area (Å²) >= 11 is 0. The molecule has 0 aliphatic rings. The van der Waals surface area contributed by atoms with E-state index in [0.29, 0.717) is 0 Å². The molecule has 4 heterocycles. The summed E-state index contributed by atoms with van der Waals surface area (Å²) in [6, 6.07) is 24.1. The zero-order valence-corrected chi connectivity index (χ0v) is 16.2. The van der Waals surface area contributed by atoms with E-state index in [1.54, 1.807) is 0 Å². The molecule has 0 bridgehead atoms. The third-order valence-corrected chi connectivity index (χ3v) is 4.75. The molecule has 0 saturated carbocycles. The molecule has 0 atom stereocenters. The van der Waals surface area contributed by atoms with Crippen LogP contribution in [0.5, 0.6) is 0 Å². The van der Waals surface area contributed by atoms with Crippen molar-refractivity contribution in [1.29, 1.82) is 0 Å². The second-order valence-electron chi connectivity index (χ2n) is 6.87. The molecule has 0 aliphatic carbocycles. The molecule has 144 valence electrons. The van der Waals surface area contributed by atoms with Gasteiger partial charge in [-0.05, 0) is 48.5 Å². The summed E-state index contributed by atoms with van der Waals surface area (Å²) in [6.07, 6.45) is 7.35. The van der Waals surface area contributed by atoms with Gasteiger partial charge in [0.25, 0.3) is 0 Å². The minimum atomic E-state index is 0.0600.